The lowest BCUT2D eigenvalue weighted by molar-refractivity contribution is 0.420. The summed E-state index contributed by atoms with van der Waals surface area (Å²) in [6.07, 6.45) is 3.51. The second kappa shape index (κ2) is 5.78. The van der Waals surface area contributed by atoms with Crippen molar-refractivity contribution < 1.29 is 4.74 Å². The summed E-state index contributed by atoms with van der Waals surface area (Å²) in [5, 5.41) is 13.4. The van der Waals surface area contributed by atoms with Gasteiger partial charge in [0.25, 0.3) is 0 Å². The van der Waals surface area contributed by atoms with Crippen molar-refractivity contribution in [1.29, 1.82) is 0 Å². The summed E-state index contributed by atoms with van der Waals surface area (Å²) in [4.78, 5) is 4.41. The molecule has 0 amide bonds. The summed E-state index contributed by atoms with van der Waals surface area (Å²) in [6.45, 7) is 3.49. The number of aromatic nitrogens is 4. The molecule has 108 valence electrons. The number of rotatable bonds is 5. The van der Waals surface area contributed by atoms with Crippen molar-refractivity contribution in [3.63, 3.8) is 0 Å². The number of hydrogen-bond acceptors (Lipinski definition) is 5. The minimum atomic E-state index is 0.581. The summed E-state index contributed by atoms with van der Waals surface area (Å²) >= 11 is 0. The Morgan fingerprint density at radius 3 is 2.95 bits per heavy atom. The predicted molar refractivity (Wildman–Crippen MR) is 81.3 cm³/mol. The molecule has 1 aromatic carbocycles. The molecule has 0 atom stereocenters. The number of nitrogens with one attached hydrogen (secondary N) is 1. The Morgan fingerprint density at radius 2 is 2.14 bits per heavy atom. The van der Waals surface area contributed by atoms with Crippen LogP contribution in [0.4, 0.5) is 5.82 Å². The first-order chi connectivity index (χ1) is 10.3. The summed E-state index contributed by atoms with van der Waals surface area (Å²) < 4.78 is 7.39. The van der Waals surface area contributed by atoms with Crippen LogP contribution in [0.3, 0.4) is 0 Å². The highest BCUT2D eigenvalue weighted by Crippen LogP contribution is 2.29. The second-order valence-electron chi connectivity index (χ2n) is 4.60. The maximum Gasteiger partial charge on any atom is 0.152 e. The molecule has 1 N–H and O–H groups in total. The van der Waals surface area contributed by atoms with E-state index in [1.54, 1.807) is 19.6 Å². The molecule has 3 rings (SSSR count). The molecular formula is C15H17N5O. The van der Waals surface area contributed by atoms with Gasteiger partial charge in [-0.25, -0.2) is 4.98 Å². The number of fused-ring (bicyclic) bond motifs is 1. The molecule has 6 heteroatoms. The van der Waals surface area contributed by atoms with Crippen molar-refractivity contribution in [2.45, 2.75) is 20.0 Å². The van der Waals surface area contributed by atoms with Gasteiger partial charge in [-0.2, -0.15) is 0 Å². The van der Waals surface area contributed by atoms with E-state index in [-0.39, 0.29) is 0 Å². The first kappa shape index (κ1) is 13.4. The molecule has 6 nitrogen and oxygen atoms in total. The molecule has 2 heterocycles. The maximum atomic E-state index is 5.39. The topological polar surface area (TPSA) is 64.9 Å². The van der Waals surface area contributed by atoms with Crippen LogP contribution in [-0.4, -0.2) is 26.9 Å². The van der Waals surface area contributed by atoms with E-state index in [1.807, 2.05) is 28.8 Å². The van der Waals surface area contributed by atoms with Gasteiger partial charge in [0, 0.05) is 23.5 Å². The third kappa shape index (κ3) is 2.52. The predicted octanol–water partition coefficient (Wildman–Crippen LogP) is 2.47. The first-order valence-electron chi connectivity index (χ1n) is 6.85. The molecule has 0 radical (unpaired) electrons. The smallest absolute Gasteiger partial charge is 0.152 e. The Morgan fingerprint density at radius 1 is 1.24 bits per heavy atom. The summed E-state index contributed by atoms with van der Waals surface area (Å²) in [7, 11) is 1.67. The van der Waals surface area contributed by atoms with Crippen molar-refractivity contribution >= 4 is 16.6 Å². The van der Waals surface area contributed by atoms with Crippen LogP contribution in [-0.2, 0) is 13.1 Å². The van der Waals surface area contributed by atoms with Gasteiger partial charge >= 0.3 is 0 Å². The Bertz CT molecular complexity index is 753. The fourth-order valence-electron chi connectivity index (χ4n) is 2.34. The molecule has 0 unspecified atom stereocenters. The van der Waals surface area contributed by atoms with Crippen LogP contribution in [0.2, 0.25) is 0 Å². The molecule has 0 aliphatic carbocycles. The second-order valence-corrected chi connectivity index (χ2v) is 4.60. The number of methoxy groups -OCH3 is 1. The minimum Gasteiger partial charge on any atom is -0.496 e. The largest absolute Gasteiger partial charge is 0.496 e. The van der Waals surface area contributed by atoms with Crippen molar-refractivity contribution in [3.8, 4) is 5.75 Å². The number of ether oxygens (including phenoxy) is 1. The fraction of sp³-hybridized carbons (Fsp3) is 0.267. The van der Waals surface area contributed by atoms with Gasteiger partial charge in [-0.1, -0.05) is 12.1 Å². The van der Waals surface area contributed by atoms with Gasteiger partial charge in [0.15, 0.2) is 5.82 Å². The Hall–Kier alpha value is -2.63. The molecule has 0 bridgehead atoms. The number of aryl methyl sites for hydroxylation is 1. The monoisotopic (exact) mass is 283 g/mol. The van der Waals surface area contributed by atoms with Crippen LogP contribution in [0, 0.1) is 0 Å². The van der Waals surface area contributed by atoms with E-state index < -0.39 is 0 Å². The van der Waals surface area contributed by atoms with E-state index in [2.05, 4.69) is 27.4 Å². The quantitative estimate of drug-likeness (QED) is 0.779. The summed E-state index contributed by atoms with van der Waals surface area (Å²) in [5.74, 6) is 2.55. The zero-order valence-electron chi connectivity index (χ0n) is 12.1. The van der Waals surface area contributed by atoms with Gasteiger partial charge in [-0.15, -0.1) is 10.2 Å². The molecule has 3 aromatic rings. The fourth-order valence-corrected chi connectivity index (χ4v) is 2.34. The van der Waals surface area contributed by atoms with E-state index >= 15 is 0 Å². The van der Waals surface area contributed by atoms with Crippen LogP contribution >= 0.6 is 0 Å². The average Bonchev–Trinajstić information content (AvgIpc) is 2.99. The molecule has 21 heavy (non-hydrogen) atoms. The lowest BCUT2D eigenvalue weighted by Crippen LogP contribution is -2.08. The normalized spacial score (nSPS) is 10.8. The summed E-state index contributed by atoms with van der Waals surface area (Å²) in [6, 6.07) is 7.88. The van der Waals surface area contributed by atoms with E-state index in [9.17, 15) is 0 Å². The van der Waals surface area contributed by atoms with Crippen molar-refractivity contribution in [2.24, 2.45) is 0 Å². The van der Waals surface area contributed by atoms with Crippen molar-refractivity contribution in [2.75, 3.05) is 12.4 Å². The minimum absolute atomic E-state index is 0.581. The Kier molecular flexibility index (Phi) is 3.68. The van der Waals surface area contributed by atoms with Gasteiger partial charge in [0.1, 0.15) is 17.9 Å². The first-order valence-corrected chi connectivity index (χ1v) is 6.85. The molecule has 0 spiro atoms. The number of hydrogen-bond donors (Lipinski definition) is 1. The van der Waals surface area contributed by atoms with Gasteiger partial charge < -0.3 is 14.6 Å². The zero-order chi connectivity index (χ0) is 14.7. The lowest BCUT2D eigenvalue weighted by atomic mass is 10.1. The summed E-state index contributed by atoms with van der Waals surface area (Å²) in [5.41, 5.74) is 0. The Balaban J connectivity index is 1.91. The number of anilines is 1. The van der Waals surface area contributed by atoms with E-state index in [4.69, 9.17) is 4.74 Å². The zero-order valence-corrected chi connectivity index (χ0v) is 12.1. The van der Waals surface area contributed by atoms with Crippen LogP contribution in [0.25, 0.3) is 10.8 Å². The number of benzene rings is 1. The van der Waals surface area contributed by atoms with Crippen LogP contribution in [0.5, 0.6) is 5.75 Å². The van der Waals surface area contributed by atoms with Crippen molar-refractivity contribution in [3.05, 3.63) is 42.6 Å². The van der Waals surface area contributed by atoms with E-state index in [1.165, 1.54) is 0 Å². The third-order valence-corrected chi connectivity index (χ3v) is 3.44. The standard InChI is InChI=1S/C15H17N5O/c1-3-20-10-18-19-14(20)9-17-15-12-5-4-6-13(21-2)11(12)7-8-16-15/h4-8,10H,3,9H2,1-2H3,(H,16,17). The lowest BCUT2D eigenvalue weighted by Gasteiger charge is -2.11. The van der Waals surface area contributed by atoms with E-state index in [0.717, 1.165) is 34.7 Å². The molecule has 0 saturated heterocycles. The highest BCUT2D eigenvalue weighted by atomic mass is 16.5. The molecule has 0 aliphatic rings. The molecular weight excluding hydrogens is 266 g/mol. The molecule has 2 aromatic heterocycles. The van der Waals surface area contributed by atoms with Crippen LogP contribution in [0.1, 0.15) is 12.7 Å². The highest BCUT2D eigenvalue weighted by molar-refractivity contribution is 5.95. The van der Waals surface area contributed by atoms with Gasteiger partial charge in [0.05, 0.1) is 13.7 Å². The van der Waals surface area contributed by atoms with Crippen molar-refractivity contribution in [1.82, 2.24) is 19.7 Å². The average molecular weight is 283 g/mol. The van der Waals surface area contributed by atoms with Gasteiger partial charge in [-0.05, 0) is 19.1 Å². The molecule has 0 saturated carbocycles. The molecule has 0 fully saturated rings. The highest BCUT2D eigenvalue weighted by Gasteiger charge is 2.08. The van der Waals surface area contributed by atoms with Crippen LogP contribution < -0.4 is 10.1 Å². The third-order valence-electron chi connectivity index (χ3n) is 3.44. The van der Waals surface area contributed by atoms with Gasteiger partial charge in [0.2, 0.25) is 0 Å². The number of nitrogens with zero attached hydrogens (tertiary/aromatic N) is 4. The number of pyridine rings is 1. The van der Waals surface area contributed by atoms with Crippen LogP contribution in [0.15, 0.2) is 36.8 Å². The van der Waals surface area contributed by atoms with E-state index in [0.29, 0.717) is 6.54 Å². The molecule has 0 aliphatic heterocycles. The SMILES string of the molecule is CCn1cnnc1CNc1nccc2c(OC)cccc12. The van der Waals surface area contributed by atoms with Gasteiger partial charge in [-0.3, -0.25) is 0 Å². The maximum absolute atomic E-state index is 5.39. The Labute approximate surface area is 122 Å².